The van der Waals surface area contributed by atoms with Crippen LogP contribution in [0.3, 0.4) is 0 Å². The van der Waals surface area contributed by atoms with E-state index in [2.05, 4.69) is 48.9 Å². The standard InChI is InChI=1S/C14H21N3/c1-5-10-17-12-9-7-6-8-11(12)16-13(17)14(2,3)15-4/h6-9,15H,5,10H2,1-4H3. The molecular weight excluding hydrogens is 210 g/mol. The minimum atomic E-state index is -0.103. The average molecular weight is 231 g/mol. The number of rotatable bonds is 4. The Bertz CT molecular complexity index is 511. The largest absolute Gasteiger partial charge is 0.326 e. The van der Waals surface area contributed by atoms with Crippen LogP contribution in [0.1, 0.15) is 33.0 Å². The van der Waals surface area contributed by atoms with Gasteiger partial charge in [0.05, 0.1) is 16.6 Å². The van der Waals surface area contributed by atoms with E-state index in [0.717, 1.165) is 24.3 Å². The normalized spacial score (nSPS) is 12.2. The van der Waals surface area contributed by atoms with Gasteiger partial charge in [0.25, 0.3) is 0 Å². The summed E-state index contributed by atoms with van der Waals surface area (Å²) in [5.74, 6) is 1.11. The minimum Gasteiger partial charge on any atom is -0.326 e. The molecule has 0 atom stereocenters. The first kappa shape index (κ1) is 12.1. The molecule has 2 aromatic rings. The van der Waals surface area contributed by atoms with Crippen LogP contribution in [0.5, 0.6) is 0 Å². The third kappa shape index (κ3) is 2.07. The predicted molar refractivity (Wildman–Crippen MR) is 72.1 cm³/mol. The summed E-state index contributed by atoms with van der Waals surface area (Å²) in [5, 5.41) is 3.33. The minimum absolute atomic E-state index is 0.103. The van der Waals surface area contributed by atoms with Crippen LogP contribution in [0.15, 0.2) is 24.3 Å². The summed E-state index contributed by atoms with van der Waals surface area (Å²) >= 11 is 0. The summed E-state index contributed by atoms with van der Waals surface area (Å²) in [4.78, 5) is 4.77. The molecule has 92 valence electrons. The van der Waals surface area contributed by atoms with Crippen LogP contribution in [-0.4, -0.2) is 16.6 Å². The van der Waals surface area contributed by atoms with E-state index in [1.807, 2.05) is 13.1 Å². The summed E-state index contributed by atoms with van der Waals surface area (Å²) in [6.45, 7) is 7.55. The van der Waals surface area contributed by atoms with Crippen LogP contribution in [-0.2, 0) is 12.1 Å². The molecular formula is C14H21N3. The van der Waals surface area contributed by atoms with Gasteiger partial charge in [-0.2, -0.15) is 0 Å². The van der Waals surface area contributed by atoms with Crippen molar-refractivity contribution in [3.8, 4) is 0 Å². The fourth-order valence-electron chi connectivity index (χ4n) is 2.11. The van der Waals surface area contributed by atoms with Gasteiger partial charge in [-0.1, -0.05) is 19.1 Å². The molecule has 0 saturated heterocycles. The fourth-order valence-corrected chi connectivity index (χ4v) is 2.11. The maximum Gasteiger partial charge on any atom is 0.129 e. The van der Waals surface area contributed by atoms with Gasteiger partial charge in [-0.15, -0.1) is 0 Å². The van der Waals surface area contributed by atoms with Crippen molar-refractivity contribution in [2.75, 3.05) is 7.05 Å². The molecule has 1 heterocycles. The average Bonchev–Trinajstić information content (AvgIpc) is 2.70. The van der Waals surface area contributed by atoms with Gasteiger partial charge in [-0.25, -0.2) is 4.98 Å². The van der Waals surface area contributed by atoms with Gasteiger partial charge < -0.3 is 9.88 Å². The molecule has 2 rings (SSSR count). The van der Waals surface area contributed by atoms with E-state index in [-0.39, 0.29) is 5.54 Å². The van der Waals surface area contributed by atoms with Gasteiger partial charge in [-0.05, 0) is 39.4 Å². The van der Waals surface area contributed by atoms with Crippen LogP contribution in [0.2, 0.25) is 0 Å². The first-order chi connectivity index (χ1) is 8.10. The molecule has 1 N–H and O–H groups in total. The lowest BCUT2D eigenvalue weighted by atomic mass is 10.1. The molecule has 0 fully saturated rings. The topological polar surface area (TPSA) is 29.9 Å². The number of aryl methyl sites for hydroxylation is 1. The highest BCUT2D eigenvalue weighted by atomic mass is 15.1. The van der Waals surface area contributed by atoms with Crippen LogP contribution in [0, 0.1) is 0 Å². The van der Waals surface area contributed by atoms with Crippen LogP contribution >= 0.6 is 0 Å². The van der Waals surface area contributed by atoms with Crippen LogP contribution in [0.4, 0.5) is 0 Å². The number of nitrogens with zero attached hydrogens (tertiary/aromatic N) is 2. The summed E-state index contributed by atoms with van der Waals surface area (Å²) in [6, 6.07) is 8.35. The van der Waals surface area contributed by atoms with E-state index in [4.69, 9.17) is 4.98 Å². The fraction of sp³-hybridized carbons (Fsp3) is 0.500. The Morgan fingerprint density at radius 1 is 1.29 bits per heavy atom. The van der Waals surface area contributed by atoms with Gasteiger partial charge in [0.1, 0.15) is 5.82 Å². The number of para-hydroxylation sites is 2. The lowest BCUT2D eigenvalue weighted by molar-refractivity contribution is 0.397. The monoisotopic (exact) mass is 231 g/mol. The second-order valence-corrected chi connectivity index (χ2v) is 4.95. The summed E-state index contributed by atoms with van der Waals surface area (Å²) < 4.78 is 2.33. The maximum absolute atomic E-state index is 4.77. The molecule has 0 aliphatic heterocycles. The van der Waals surface area contributed by atoms with E-state index in [1.54, 1.807) is 0 Å². The van der Waals surface area contributed by atoms with Crippen molar-refractivity contribution < 1.29 is 0 Å². The van der Waals surface area contributed by atoms with E-state index in [0.29, 0.717) is 0 Å². The first-order valence-electron chi connectivity index (χ1n) is 6.25. The Kier molecular flexibility index (Phi) is 3.20. The van der Waals surface area contributed by atoms with Crippen molar-refractivity contribution >= 4 is 11.0 Å². The molecule has 1 aromatic heterocycles. The number of hydrogen-bond donors (Lipinski definition) is 1. The first-order valence-corrected chi connectivity index (χ1v) is 6.25. The molecule has 0 radical (unpaired) electrons. The van der Waals surface area contributed by atoms with Gasteiger partial charge in [-0.3, -0.25) is 0 Å². The predicted octanol–water partition coefficient (Wildman–Crippen LogP) is 2.90. The van der Waals surface area contributed by atoms with Gasteiger partial charge in [0.15, 0.2) is 0 Å². The Balaban J connectivity index is 2.65. The number of imidazole rings is 1. The molecule has 17 heavy (non-hydrogen) atoms. The molecule has 0 unspecified atom stereocenters. The number of fused-ring (bicyclic) bond motifs is 1. The number of benzene rings is 1. The highest BCUT2D eigenvalue weighted by Crippen LogP contribution is 2.24. The van der Waals surface area contributed by atoms with E-state index in [1.165, 1.54) is 5.52 Å². The zero-order valence-corrected chi connectivity index (χ0v) is 11.1. The Hall–Kier alpha value is -1.35. The number of aromatic nitrogens is 2. The Morgan fingerprint density at radius 3 is 2.65 bits per heavy atom. The van der Waals surface area contributed by atoms with Crippen LogP contribution < -0.4 is 5.32 Å². The van der Waals surface area contributed by atoms with E-state index >= 15 is 0 Å². The van der Waals surface area contributed by atoms with Crippen molar-refractivity contribution in [2.45, 2.75) is 39.3 Å². The third-order valence-corrected chi connectivity index (χ3v) is 3.29. The van der Waals surface area contributed by atoms with Gasteiger partial charge in [0.2, 0.25) is 0 Å². The van der Waals surface area contributed by atoms with Gasteiger partial charge in [0, 0.05) is 6.54 Å². The lowest BCUT2D eigenvalue weighted by Crippen LogP contribution is -2.36. The van der Waals surface area contributed by atoms with Crippen molar-refractivity contribution in [1.29, 1.82) is 0 Å². The van der Waals surface area contributed by atoms with Crippen molar-refractivity contribution in [3.05, 3.63) is 30.1 Å². The lowest BCUT2D eigenvalue weighted by Gasteiger charge is -2.24. The molecule has 0 bridgehead atoms. The molecule has 0 amide bonds. The SMILES string of the molecule is CCCn1c(C(C)(C)NC)nc2ccccc21. The Morgan fingerprint density at radius 2 is 2.00 bits per heavy atom. The molecule has 0 aliphatic rings. The van der Waals surface area contributed by atoms with E-state index in [9.17, 15) is 0 Å². The second-order valence-electron chi connectivity index (χ2n) is 4.95. The number of nitrogens with one attached hydrogen (secondary N) is 1. The van der Waals surface area contributed by atoms with Crippen LogP contribution in [0.25, 0.3) is 11.0 Å². The smallest absolute Gasteiger partial charge is 0.129 e. The summed E-state index contributed by atoms with van der Waals surface area (Å²) in [5.41, 5.74) is 2.21. The highest BCUT2D eigenvalue weighted by molar-refractivity contribution is 5.76. The van der Waals surface area contributed by atoms with Crippen molar-refractivity contribution in [2.24, 2.45) is 0 Å². The third-order valence-electron chi connectivity index (χ3n) is 3.29. The maximum atomic E-state index is 4.77. The summed E-state index contributed by atoms with van der Waals surface area (Å²) in [7, 11) is 1.98. The molecule has 3 heteroatoms. The molecule has 0 aliphatic carbocycles. The Labute approximate surface area is 103 Å². The van der Waals surface area contributed by atoms with Crippen molar-refractivity contribution in [3.63, 3.8) is 0 Å². The second kappa shape index (κ2) is 4.49. The quantitative estimate of drug-likeness (QED) is 0.877. The number of hydrogen-bond acceptors (Lipinski definition) is 2. The highest BCUT2D eigenvalue weighted by Gasteiger charge is 2.25. The van der Waals surface area contributed by atoms with Gasteiger partial charge >= 0.3 is 0 Å². The van der Waals surface area contributed by atoms with E-state index < -0.39 is 0 Å². The summed E-state index contributed by atoms with van der Waals surface area (Å²) in [6.07, 6.45) is 1.12. The van der Waals surface area contributed by atoms with Crippen molar-refractivity contribution in [1.82, 2.24) is 14.9 Å². The molecule has 0 spiro atoms. The molecule has 1 aromatic carbocycles. The molecule has 0 saturated carbocycles. The molecule has 3 nitrogen and oxygen atoms in total. The zero-order chi connectivity index (χ0) is 12.5. The zero-order valence-electron chi connectivity index (χ0n) is 11.1.